The van der Waals surface area contributed by atoms with Gasteiger partial charge in [0.15, 0.2) is 9.84 Å². The first-order valence-electron chi connectivity index (χ1n) is 6.95. The van der Waals surface area contributed by atoms with Crippen LogP contribution in [0.3, 0.4) is 0 Å². The Morgan fingerprint density at radius 2 is 1.90 bits per heavy atom. The number of aliphatic carboxylic acids is 1. The smallest absolute Gasteiger partial charge is 0.323 e. The maximum atomic E-state index is 12.3. The quantitative estimate of drug-likeness (QED) is 0.729. The molecule has 1 atom stereocenters. The molecular weight excluding hydrogens is 296 g/mol. The summed E-state index contributed by atoms with van der Waals surface area (Å²) in [6.07, 6.45) is 0.452. The van der Waals surface area contributed by atoms with Gasteiger partial charge in [-0.2, -0.15) is 0 Å². The second-order valence-corrected chi connectivity index (χ2v) is 8.19. The van der Waals surface area contributed by atoms with E-state index in [0.29, 0.717) is 13.0 Å². The Hall–Kier alpha value is -1.15. The van der Waals surface area contributed by atoms with E-state index in [1.807, 2.05) is 0 Å². The molecule has 1 aliphatic rings. The fraction of sp³-hybridized carbons (Fsp3) is 0.846. The molecule has 1 unspecified atom stereocenters. The van der Waals surface area contributed by atoms with Gasteiger partial charge < -0.3 is 10.0 Å². The predicted molar refractivity (Wildman–Crippen MR) is 78.8 cm³/mol. The molecule has 1 fully saturated rings. The Bertz CT molecular complexity index is 515. The van der Waals surface area contributed by atoms with Crippen LogP contribution in [0.25, 0.3) is 0 Å². The zero-order valence-electron chi connectivity index (χ0n) is 13.0. The van der Waals surface area contributed by atoms with Crippen LogP contribution in [-0.4, -0.2) is 78.4 Å². The van der Waals surface area contributed by atoms with Crippen LogP contribution in [0.1, 0.15) is 27.2 Å². The number of carboxylic acid groups (broad SMARTS) is 1. The van der Waals surface area contributed by atoms with E-state index in [4.69, 9.17) is 5.11 Å². The third-order valence-corrected chi connectivity index (χ3v) is 5.91. The van der Waals surface area contributed by atoms with Gasteiger partial charge in [0.25, 0.3) is 0 Å². The Labute approximate surface area is 125 Å². The standard InChI is InChI=1S/C13H24N2O5S/c1-5-15(10-6-7-21(19,20)9-10)11(16)8-14(4)13(2,3)12(17)18/h10H,5-9H2,1-4H3,(H,17,18). The summed E-state index contributed by atoms with van der Waals surface area (Å²) in [7, 11) is -1.48. The summed E-state index contributed by atoms with van der Waals surface area (Å²) in [6, 6.07) is -0.297. The average molecular weight is 320 g/mol. The molecule has 122 valence electrons. The largest absolute Gasteiger partial charge is 0.480 e. The van der Waals surface area contributed by atoms with Crippen molar-refractivity contribution in [3.05, 3.63) is 0 Å². The van der Waals surface area contributed by atoms with Crippen LogP contribution in [0.15, 0.2) is 0 Å². The molecule has 1 heterocycles. The van der Waals surface area contributed by atoms with E-state index >= 15 is 0 Å². The first kappa shape index (κ1) is 17.9. The van der Waals surface area contributed by atoms with Crippen LogP contribution in [-0.2, 0) is 19.4 Å². The highest BCUT2D eigenvalue weighted by Crippen LogP contribution is 2.19. The number of hydrogen-bond acceptors (Lipinski definition) is 5. The minimum absolute atomic E-state index is 0.00137. The number of hydrogen-bond donors (Lipinski definition) is 1. The molecule has 0 aromatic rings. The van der Waals surface area contributed by atoms with Gasteiger partial charge in [-0.15, -0.1) is 0 Å². The number of nitrogens with zero attached hydrogens (tertiary/aromatic N) is 2. The number of carbonyl (C=O) groups excluding carboxylic acids is 1. The van der Waals surface area contributed by atoms with Gasteiger partial charge in [-0.25, -0.2) is 8.42 Å². The Balaban J connectivity index is 2.75. The number of carboxylic acids is 1. The summed E-state index contributed by atoms with van der Waals surface area (Å²) in [5, 5.41) is 9.15. The number of carbonyl (C=O) groups is 2. The van der Waals surface area contributed by atoms with Gasteiger partial charge in [-0.3, -0.25) is 14.5 Å². The van der Waals surface area contributed by atoms with Crippen LogP contribution in [0.2, 0.25) is 0 Å². The van der Waals surface area contributed by atoms with Crippen LogP contribution in [0.4, 0.5) is 0 Å². The number of amides is 1. The van der Waals surface area contributed by atoms with E-state index in [-0.39, 0.29) is 30.0 Å². The minimum Gasteiger partial charge on any atom is -0.480 e. The van der Waals surface area contributed by atoms with Crippen molar-refractivity contribution in [1.29, 1.82) is 0 Å². The summed E-state index contributed by atoms with van der Waals surface area (Å²) in [5.41, 5.74) is -1.16. The summed E-state index contributed by atoms with van der Waals surface area (Å²) in [5.74, 6) is -1.14. The van der Waals surface area contributed by atoms with Crippen molar-refractivity contribution in [3.63, 3.8) is 0 Å². The SMILES string of the molecule is CCN(C(=O)CN(C)C(C)(C)C(=O)O)C1CCS(=O)(=O)C1. The van der Waals surface area contributed by atoms with E-state index in [0.717, 1.165) is 0 Å². The van der Waals surface area contributed by atoms with Crippen molar-refractivity contribution in [1.82, 2.24) is 9.80 Å². The van der Waals surface area contributed by atoms with Gasteiger partial charge in [-0.05, 0) is 34.2 Å². The Morgan fingerprint density at radius 3 is 2.29 bits per heavy atom. The van der Waals surface area contributed by atoms with Crippen molar-refractivity contribution in [2.45, 2.75) is 38.8 Å². The highest BCUT2D eigenvalue weighted by atomic mass is 32.2. The average Bonchev–Trinajstić information content (AvgIpc) is 2.70. The molecule has 0 aliphatic carbocycles. The van der Waals surface area contributed by atoms with E-state index in [9.17, 15) is 18.0 Å². The molecule has 0 aromatic heterocycles. The first-order valence-corrected chi connectivity index (χ1v) is 8.78. The normalized spacial score (nSPS) is 21.5. The van der Waals surface area contributed by atoms with Gasteiger partial charge in [-0.1, -0.05) is 0 Å². The molecular formula is C13H24N2O5S. The summed E-state index contributed by atoms with van der Waals surface area (Å²) >= 11 is 0. The molecule has 8 heteroatoms. The zero-order chi connectivity index (χ0) is 16.4. The van der Waals surface area contributed by atoms with E-state index in [1.165, 1.54) is 18.7 Å². The number of rotatable bonds is 6. The predicted octanol–water partition coefficient (Wildman–Crippen LogP) is -0.183. The molecule has 1 amide bonds. The third-order valence-electron chi connectivity index (χ3n) is 4.16. The summed E-state index contributed by atoms with van der Waals surface area (Å²) < 4.78 is 23.1. The lowest BCUT2D eigenvalue weighted by Gasteiger charge is -2.34. The third kappa shape index (κ3) is 4.16. The van der Waals surface area contributed by atoms with Crippen molar-refractivity contribution in [2.24, 2.45) is 0 Å². The minimum atomic E-state index is -3.06. The lowest BCUT2D eigenvalue weighted by molar-refractivity contribution is -0.150. The fourth-order valence-corrected chi connectivity index (χ4v) is 4.04. The first-order chi connectivity index (χ1) is 9.51. The monoisotopic (exact) mass is 320 g/mol. The number of sulfone groups is 1. The Kier molecular flexibility index (Phi) is 5.38. The van der Waals surface area contributed by atoms with Crippen LogP contribution < -0.4 is 0 Å². The number of likely N-dealkylation sites (N-methyl/N-ethyl adjacent to an activating group) is 2. The highest BCUT2D eigenvalue weighted by Gasteiger charge is 2.37. The van der Waals surface area contributed by atoms with Crippen LogP contribution in [0.5, 0.6) is 0 Å². The van der Waals surface area contributed by atoms with Crippen molar-refractivity contribution in [2.75, 3.05) is 31.6 Å². The molecule has 1 rings (SSSR count). The van der Waals surface area contributed by atoms with Crippen molar-refractivity contribution < 1.29 is 23.1 Å². The summed E-state index contributed by atoms with van der Waals surface area (Å²) in [6.45, 7) is 5.22. The van der Waals surface area contributed by atoms with E-state index < -0.39 is 21.3 Å². The fourth-order valence-electron chi connectivity index (χ4n) is 2.31. The summed E-state index contributed by atoms with van der Waals surface area (Å²) in [4.78, 5) is 26.5. The van der Waals surface area contributed by atoms with Crippen molar-refractivity contribution in [3.8, 4) is 0 Å². The lowest BCUT2D eigenvalue weighted by atomic mass is 10.0. The zero-order valence-corrected chi connectivity index (χ0v) is 13.8. The molecule has 21 heavy (non-hydrogen) atoms. The van der Waals surface area contributed by atoms with Crippen LogP contribution >= 0.6 is 0 Å². The second kappa shape index (κ2) is 6.31. The van der Waals surface area contributed by atoms with E-state index in [1.54, 1.807) is 18.9 Å². The van der Waals surface area contributed by atoms with Crippen LogP contribution in [0, 0.1) is 0 Å². The van der Waals surface area contributed by atoms with Gasteiger partial charge in [0.2, 0.25) is 5.91 Å². The van der Waals surface area contributed by atoms with E-state index in [2.05, 4.69) is 0 Å². The molecule has 1 aliphatic heterocycles. The molecule has 1 N–H and O–H groups in total. The van der Waals surface area contributed by atoms with Gasteiger partial charge in [0.1, 0.15) is 5.54 Å². The molecule has 0 spiro atoms. The molecule has 0 bridgehead atoms. The molecule has 7 nitrogen and oxygen atoms in total. The molecule has 1 saturated heterocycles. The van der Waals surface area contributed by atoms with Gasteiger partial charge in [0.05, 0.1) is 18.1 Å². The molecule has 0 aromatic carbocycles. The maximum Gasteiger partial charge on any atom is 0.323 e. The Morgan fingerprint density at radius 1 is 1.33 bits per heavy atom. The van der Waals surface area contributed by atoms with Gasteiger partial charge >= 0.3 is 5.97 Å². The van der Waals surface area contributed by atoms with Gasteiger partial charge in [0, 0.05) is 12.6 Å². The molecule has 0 saturated carbocycles. The lowest BCUT2D eigenvalue weighted by Crippen LogP contribution is -2.53. The maximum absolute atomic E-state index is 12.3. The highest BCUT2D eigenvalue weighted by molar-refractivity contribution is 7.91. The second-order valence-electron chi connectivity index (χ2n) is 5.96. The molecule has 0 radical (unpaired) electrons. The van der Waals surface area contributed by atoms with Crippen molar-refractivity contribution >= 4 is 21.7 Å². The topological polar surface area (TPSA) is 95.0 Å².